The normalized spacial score (nSPS) is 24.9. The van der Waals surface area contributed by atoms with Crippen LogP contribution in [0.1, 0.15) is 33.6 Å². The molecule has 19 heavy (non-hydrogen) atoms. The monoisotopic (exact) mass is 280 g/mol. The minimum atomic E-state index is -4.33. The lowest BCUT2D eigenvalue weighted by Crippen LogP contribution is -2.62. The Kier molecular flexibility index (Phi) is 4.81. The van der Waals surface area contributed by atoms with Crippen LogP contribution in [0.5, 0.6) is 0 Å². The van der Waals surface area contributed by atoms with Gasteiger partial charge in [-0.05, 0) is 19.3 Å². The fourth-order valence-corrected chi connectivity index (χ4v) is 2.07. The van der Waals surface area contributed by atoms with E-state index in [4.69, 9.17) is 0 Å². The van der Waals surface area contributed by atoms with Gasteiger partial charge in [-0.1, -0.05) is 13.8 Å². The number of rotatable bonds is 4. The Bertz CT molecular complexity index is 355. The van der Waals surface area contributed by atoms with Crippen LogP contribution in [-0.2, 0) is 9.59 Å². The van der Waals surface area contributed by atoms with Crippen molar-refractivity contribution in [2.45, 2.75) is 51.9 Å². The smallest absolute Gasteiger partial charge is 0.343 e. The van der Waals surface area contributed by atoms with Crippen LogP contribution in [0.2, 0.25) is 0 Å². The van der Waals surface area contributed by atoms with Crippen molar-refractivity contribution >= 4 is 11.8 Å². The minimum Gasteiger partial charge on any atom is -0.343 e. The van der Waals surface area contributed by atoms with Crippen LogP contribution in [0.15, 0.2) is 0 Å². The lowest BCUT2D eigenvalue weighted by atomic mass is 9.99. The molecule has 2 unspecified atom stereocenters. The zero-order valence-electron chi connectivity index (χ0n) is 11.3. The average molecular weight is 280 g/mol. The fourth-order valence-electron chi connectivity index (χ4n) is 2.07. The van der Waals surface area contributed by atoms with Gasteiger partial charge < -0.3 is 10.2 Å². The molecule has 1 N–H and O–H groups in total. The van der Waals surface area contributed by atoms with Crippen LogP contribution >= 0.6 is 0 Å². The molecule has 0 bridgehead atoms. The predicted octanol–water partition coefficient (Wildman–Crippen LogP) is 1.70. The summed E-state index contributed by atoms with van der Waals surface area (Å²) in [5.41, 5.74) is 0. The van der Waals surface area contributed by atoms with Crippen molar-refractivity contribution in [3.8, 4) is 0 Å². The third-order valence-corrected chi connectivity index (χ3v) is 3.09. The predicted molar refractivity (Wildman–Crippen MR) is 63.2 cm³/mol. The molecule has 1 rings (SSSR count). The molecule has 0 aromatic heterocycles. The van der Waals surface area contributed by atoms with E-state index in [1.54, 1.807) is 0 Å². The Hall–Kier alpha value is -1.27. The number of carbonyl (C=O) groups excluding carboxylic acids is 2. The largest absolute Gasteiger partial charge is 0.390 e. The second-order valence-electron chi connectivity index (χ2n) is 5.26. The number of amides is 2. The van der Waals surface area contributed by atoms with Crippen LogP contribution < -0.4 is 5.32 Å². The summed E-state index contributed by atoms with van der Waals surface area (Å²) in [4.78, 5) is 24.8. The summed E-state index contributed by atoms with van der Waals surface area (Å²) in [6.07, 6.45) is -4.99. The van der Waals surface area contributed by atoms with Gasteiger partial charge in [0.05, 0.1) is 6.42 Å². The molecule has 4 nitrogen and oxygen atoms in total. The van der Waals surface area contributed by atoms with Crippen LogP contribution in [0.4, 0.5) is 13.2 Å². The van der Waals surface area contributed by atoms with Crippen molar-refractivity contribution < 1.29 is 22.8 Å². The maximum Gasteiger partial charge on any atom is 0.390 e. The topological polar surface area (TPSA) is 49.4 Å². The Morgan fingerprint density at radius 2 is 1.89 bits per heavy atom. The van der Waals surface area contributed by atoms with Gasteiger partial charge in [-0.25, -0.2) is 0 Å². The summed E-state index contributed by atoms with van der Waals surface area (Å²) in [7, 11) is 0. The van der Waals surface area contributed by atoms with Gasteiger partial charge in [0.15, 0.2) is 0 Å². The average Bonchev–Trinajstić information content (AvgIpc) is 2.23. The zero-order chi connectivity index (χ0) is 14.8. The molecular formula is C12H19F3N2O2. The van der Waals surface area contributed by atoms with Gasteiger partial charge in [-0.15, -0.1) is 0 Å². The molecule has 1 fully saturated rings. The molecule has 1 heterocycles. The molecule has 0 spiro atoms. The molecule has 0 aromatic rings. The highest BCUT2D eigenvalue weighted by atomic mass is 19.4. The number of carbonyl (C=O) groups is 2. The van der Waals surface area contributed by atoms with Crippen LogP contribution in [0, 0.1) is 5.92 Å². The summed E-state index contributed by atoms with van der Waals surface area (Å²) in [6, 6.07) is -1.56. The Morgan fingerprint density at radius 1 is 1.32 bits per heavy atom. The summed E-state index contributed by atoms with van der Waals surface area (Å²) < 4.78 is 36.7. The second-order valence-corrected chi connectivity index (χ2v) is 5.26. The van der Waals surface area contributed by atoms with Gasteiger partial charge in [0.2, 0.25) is 11.8 Å². The first kappa shape index (κ1) is 15.8. The molecule has 0 aromatic carbocycles. The van der Waals surface area contributed by atoms with E-state index in [-0.39, 0.29) is 5.92 Å². The van der Waals surface area contributed by atoms with E-state index in [1.807, 2.05) is 13.8 Å². The molecule has 2 amide bonds. The molecule has 0 saturated carbocycles. The zero-order valence-corrected chi connectivity index (χ0v) is 11.3. The molecule has 1 aliphatic heterocycles. The number of hydrogen-bond acceptors (Lipinski definition) is 2. The van der Waals surface area contributed by atoms with Gasteiger partial charge in [0, 0.05) is 6.54 Å². The van der Waals surface area contributed by atoms with Crippen LogP contribution in [0.25, 0.3) is 0 Å². The van der Waals surface area contributed by atoms with Gasteiger partial charge in [0.1, 0.15) is 12.1 Å². The van der Waals surface area contributed by atoms with Crippen molar-refractivity contribution in [3.05, 3.63) is 0 Å². The van der Waals surface area contributed by atoms with E-state index in [0.717, 1.165) is 4.90 Å². The lowest BCUT2D eigenvalue weighted by Gasteiger charge is -2.38. The molecule has 110 valence electrons. The molecule has 0 radical (unpaired) electrons. The third kappa shape index (κ3) is 4.40. The Labute approximate surface area is 110 Å². The maximum atomic E-state index is 12.2. The summed E-state index contributed by atoms with van der Waals surface area (Å²) >= 11 is 0. The number of halogens is 3. The van der Waals surface area contributed by atoms with Crippen molar-refractivity contribution in [1.82, 2.24) is 10.2 Å². The highest BCUT2D eigenvalue weighted by Gasteiger charge is 2.39. The van der Waals surface area contributed by atoms with Crippen molar-refractivity contribution in [2.24, 2.45) is 5.92 Å². The molecule has 2 atom stereocenters. The van der Waals surface area contributed by atoms with Crippen LogP contribution in [-0.4, -0.2) is 41.5 Å². The summed E-state index contributed by atoms with van der Waals surface area (Å²) in [5, 5.41) is 2.56. The van der Waals surface area contributed by atoms with Crippen molar-refractivity contribution in [2.75, 3.05) is 6.54 Å². The summed E-state index contributed by atoms with van der Waals surface area (Å²) in [6.45, 7) is 4.75. The first-order valence-corrected chi connectivity index (χ1v) is 6.29. The quantitative estimate of drug-likeness (QED) is 0.852. The number of hydrogen-bond donors (Lipinski definition) is 1. The van der Waals surface area contributed by atoms with Gasteiger partial charge in [-0.2, -0.15) is 13.2 Å². The number of nitrogens with zero attached hydrogens (tertiary/aromatic N) is 1. The number of piperazine rings is 1. The van der Waals surface area contributed by atoms with E-state index in [2.05, 4.69) is 5.32 Å². The summed E-state index contributed by atoms with van der Waals surface area (Å²) in [5.74, 6) is -0.649. The van der Waals surface area contributed by atoms with E-state index in [9.17, 15) is 22.8 Å². The highest BCUT2D eigenvalue weighted by molar-refractivity contribution is 5.96. The van der Waals surface area contributed by atoms with Gasteiger partial charge >= 0.3 is 6.18 Å². The lowest BCUT2D eigenvalue weighted by molar-refractivity contribution is -0.157. The van der Waals surface area contributed by atoms with Crippen molar-refractivity contribution in [3.63, 3.8) is 0 Å². The third-order valence-electron chi connectivity index (χ3n) is 3.09. The van der Waals surface area contributed by atoms with E-state index >= 15 is 0 Å². The molecule has 1 saturated heterocycles. The first-order chi connectivity index (χ1) is 8.61. The minimum absolute atomic E-state index is 0.173. The Balaban J connectivity index is 2.75. The first-order valence-electron chi connectivity index (χ1n) is 6.29. The van der Waals surface area contributed by atoms with Gasteiger partial charge in [0.25, 0.3) is 0 Å². The molecule has 7 heteroatoms. The molecule has 0 aliphatic carbocycles. The maximum absolute atomic E-state index is 12.2. The second kappa shape index (κ2) is 5.79. The van der Waals surface area contributed by atoms with E-state index < -0.39 is 43.0 Å². The molecule has 1 aliphatic rings. The number of nitrogens with one attached hydrogen (secondary N) is 1. The van der Waals surface area contributed by atoms with E-state index in [1.165, 1.54) is 6.92 Å². The highest BCUT2D eigenvalue weighted by Crippen LogP contribution is 2.22. The SMILES string of the molecule is CC(C)CC1NC(=O)C(C)N(CCC(F)(F)F)C1=O. The standard InChI is InChI=1S/C12H19F3N2O2/c1-7(2)6-9-11(19)17(5-4-12(13,14)15)8(3)10(18)16-9/h7-9H,4-6H2,1-3H3,(H,16,18). The Morgan fingerprint density at radius 3 is 2.37 bits per heavy atom. The number of alkyl halides is 3. The molecular weight excluding hydrogens is 261 g/mol. The van der Waals surface area contributed by atoms with Crippen LogP contribution in [0.3, 0.4) is 0 Å². The fraction of sp³-hybridized carbons (Fsp3) is 0.833. The van der Waals surface area contributed by atoms with Gasteiger partial charge in [-0.3, -0.25) is 9.59 Å². The van der Waals surface area contributed by atoms with Crippen molar-refractivity contribution in [1.29, 1.82) is 0 Å². The van der Waals surface area contributed by atoms with E-state index in [0.29, 0.717) is 6.42 Å².